The van der Waals surface area contributed by atoms with Gasteiger partial charge in [-0.15, -0.1) is 0 Å². The Balaban J connectivity index is 1.89. The first-order valence-electron chi connectivity index (χ1n) is 7.12. The zero-order valence-corrected chi connectivity index (χ0v) is 13.1. The summed E-state index contributed by atoms with van der Waals surface area (Å²) in [6.45, 7) is 0.195. The lowest BCUT2D eigenvalue weighted by molar-refractivity contribution is -0.121. The van der Waals surface area contributed by atoms with Gasteiger partial charge in [-0.05, 0) is 18.9 Å². The molecule has 0 N–H and O–H groups in total. The van der Waals surface area contributed by atoms with Crippen molar-refractivity contribution < 1.29 is 18.3 Å². The predicted octanol–water partition coefficient (Wildman–Crippen LogP) is 3.33. The molecular weight excluding hydrogens is 336 g/mol. The van der Waals surface area contributed by atoms with Crippen molar-refractivity contribution in [1.29, 1.82) is 5.26 Å². The van der Waals surface area contributed by atoms with Gasteiger partial charge in [-0.25, -0.2) is 13.8 Å². The summed E-state index contributed by atoms with van der Waals surface area (Å²) >= 11 is 1.08. The second-order valence-corrected chi connectivity index (χ2v) is 6.12. The molecule has 0 radical (unpaired) electrons. The number of hydrogen-bond donors (Lipinski definition) is 0. The lowest BCUT2D eigenvalue weighted by Crippen LogP contribution is -2.04. The van der Waals surface area contributed by atoms with Crippen LogP contribution in [-0.2, 0) is 10.5 Å². The number of ether oxygens (including phenoxy) is 1. The number of nitrogens with zero attached hydrogens (tertiary/aromatic N) is 3. The SMILES string of the molecule is N#Cc1c(OC=O)nc(SCc2cccc(F)c2F)nc1C1CC1. The van der Waals surface area contributed by atoms with E-state index in [1.54, 1.807) is 0 Å². The molecule has 1 aliphatic carbocycles. The first kappa shape index (κ1) is 16.3. The minimum absolute atomic E-state index is 0.105. The molecule has 0 atom stereocenters. The quantitative estimate of drug-likeness (QED) is 0.453. The topological polar surface area (TPSA) is 75.9 Å². The van der Waals surface area contributed by atoms with Gasteiger partial charge >= 0.3 is 0 Å². The second kappa shape index (κ2) is 6.93. The number of hydrogen-bond acceptors (Lipinski definition) is 6. The van der Waals surface area contributed by atoms with Crippen LogP contribution in [0.2, 0.25) is 0 Å². The zero-order chi connectivity index (χ0) is 17.1. The highest BCUT2D eigenvalue weighted by atomic mass is 32.2. The van der Waals surface area contributed by atoms with Crippen LogP contribution in [-0.4, -0.2) is 16.4 Å². The highest BCUT2D eigenvalue weighted by Crippen LogP contribution is 2.42. The van der Waals surface area contributed by atoms with Gasteiger partial charge in [0.2, 0.25) is 5.88 Å². The van der Waals surface area contributed by atoms with Crippen molar-refractivity contribution in [3.8, 4) is 11.9 Å². The molecule has 1 saturated carbocycles. The van der Waals surface area contributed by atoms with E-state index in [-0.39, 0.29) is 40.3 Å². The molecule has 8 heteroatoms. The van der Waals surface area contributed by atoms with E-state index in [1.165, 1.54) is 12.1 Å². The van der Waals surface area contributed by atoms with Crippen LogP contribution in [0.3, 0.4) is 0 Å². The Morgan fingerprint density at radius 2 is 2.17 bits per heavy atom. The summed E-state index contributed by atoms with van der Waals surface area (Å²) in [6, 6.07) is 5.90. The smallest absolute Gasteiger partial charge is 0.299 e. The maximum Gasteiger partial charge on any atom is 0.299 e. The van der Waals surface area contributed by atoms with Gasteiger partial charge in [0.15, 0.2) is 16.8 Å². The lowest BCUT2D eigenvalue weighted by Gasteiger charge is -2.09. The number of aromatic nitrogens is 2. The van der Waals surface area contributed by atoms with Crippen LogP contribution >= 0.6 is 11.8 Å². The van der Waals surface area contributed by atoms with E-state index in [4.69, 9.17) is 4.74 Å². The first-order valence-corrected chi connectivity index (χ1v) is 8.10. The Labute approximate surface area is 140 Å². The third kappa shape index (κ3) is 3.36. The molecule has 2 aromatic rings. The van der Waals surface area contributed by atoms with Crippen LogP contribution in [0.4, 0.5) is 8.78 Å². The van der Waals surface area contributed by atoms with E-state index < -0.39 is 11.6 Å². The standard InChI is InChI=1S/C16H11F2N3O2S/c17-12-3-1-2-10(13(12)18)7-24-16-20-14(9-4-5-9)11(6-19)15(21-16)23-8-22/h1-3,8-9H,4-5,7H2. The third-order valence-electron chi connectivity index (χ3n) is 3.51. The fourth-order valence-electron chi connectivity index (χ4n) is 2.19. The van der Waals surface area contributed by atoms with Crippen LogP contribution in [0, 0.1) is 23.0 Å². The molecule has 1 fully saturated rings. The Bertz CT molecular complexity index is 835. The largest absolute Gasteiger partial charge is 0.408 e. The van der Waals surface area contributed by atoms with Gasteiger partial charge in [-0.2, -0.15) is 10.2 Å². The molecule has 1 heterocycles. The highest BCUT2D eigenvalue weighted by molar-refractivity contribution is 7.98. The van der Waals surface area contributed by atoms with Crippen molar-refractivity contribution in [3.63, 3.8) is 0 Å². The number of carbonyl (C=O) groups excluding carboxylic acids is 1. The molecule has 1 aromatic carbocycles. The van der Waals surface area contributed by atoms with Gasteiger partial charge in [0.05, 0.1) is 5.69 Å². The summed E-state index contributed by atoms with van der Waals surface area (Å²) in [5.41, 5.74) is 0.858. The molecule has 0 bridgehead atoms. The van der Waals surface area contributed by atoms with Crippen molar-refractivity contribution >= 4 is 18.2 Å². The first-order chi connectivity index (χ1) is 11.6. The Morgan fingerprint density at radius 3 is 2.83 bits per heavy atom. The van der Waals surface area contributed by atoms with Crippen LogP contribution in [0.5, 0.6) is 5.88 Å². The van der Waals surface area contributed by atoms with Gasteiger partial charge in [0.25, 0.3) is 6.47 Å². The highest BCUT2D eigenvalue weighted by Gasteiger charge is 2.31. The Kier molecular flexibility index (Phi) is 4.71. The van der Waals surface area contributed by atoms with Crippen molar-refractivity contribution in [2.24, 2.45) is 0 Å². The predicted molar refractivity (Wildman–Crippen MR) is 81.3 cm³/mol. The normalized spacial score (nSPS) is 13.4. The van der Waals surface area contributed by atoms with E-state index >= 15 is 0 Å². The number of thioether (sulfide) groups is 1. The van der Waals surface area contributed by atoms with E-state index in [9.17, 15) is 18.8 Å². The summed E-state index contributed by atoms with van der Waals surface area (Å²) < 4.78 is 31.7. The average molecular weight is 347 g/mol. The Hall–Kier alpha value is -2.53. The molecular formula is C16H11F2N3O2S. The molecule has 24 heavy (non-hydrogen) atoms. The number of halogens is 2. The molecule has 0 amide bonds. The molecule has 3 rings (SSSR count). The van der Waals surface area contributed by atoms with Gasteiger partial charge in [-0.3, -0.25) is 4.79 Å². The summed E-state index contributed by atoms with van der Waals surface area (Å²) in [6.07, 6.45) is 1.80. The van der Waals surface area contributed by atoms with E-state index in [0.717, 1.165) is 30.7 Å². The average Bonchev–Trinajstić information content (AvgIpc) is 3.41. The zero-order valence-electron chi connectivity index (χ0n) is 12.3. The summed E-state index contributed by atoms with van der Waals surface area (Å²) in [5.74, 6) is -1.68. The van der Waals surface area contributed by atoms with Gasteiger partial charge in [-0.1, -0.05) is 23.9 Å². The molecule has 0 spiro atoms. The van der Waals surface area contributed by atoms with Crippen LogP contribution in [0.25, 0.3) is 0 Å². The molecule has 0 saturated heterocycles. The molecule has 0 aliphatic heterocycles. The number of benzene rings is 1. The fraction of sp³-hybridized carbons (Fsp3) is 0.250. The summed E-state index contributed by atoms with van der Waals surface area (Å²) in [4.78, 5) is 19.0. The van der Waals surface area contributed by atoms with Crippen LogP contribution in [0.15, 0.2) is 23.4 Å². The number of rotatable bonds is 6. The minimum Gasteiger partial charge on any atom is -0.408 e. The van der Waals surface area contributed by atoms with Crippen molar-refractivity contribution in [2.45, 2.75) is 29.7 Å². The van der Waals surface area contributed by atoms with E-state index in [0.29, 0.717) is 5.69 Å². The monoisotopic (exact) mass is 347 g/mol. The summed E-state index contributed by atoms with van der Waals surface area (Å²) in [7, 11) is 0. The molecule has 122 valence electrons. The van der Waals surface area contributed by atoms with Crippen molar-refractivity contribution in [2.75, 3.05) is 0 Å². The van der Waals surface area contributed by atoms with Gasteiger partial charge in [0, 0.05) is 17.2 Å². The number of carbonyl (C=O) groups is 1. The number of nitriles is 1. The Morgan fingerprint density at radius 1 is 1.38 bits per heavy atom. The second-order valence-electron chi connectivity index (χ2n) is 5.17. The molecule has 5 nitrogen and oxygen atoms in total. The molecule has 1 aliphatic rings. The van der Waals surface area contributed by atoms with Gasteiger partial charge in [0.1, 0.15) is 11.6 Å². The van der Waals surface area contributed by atoms with Crippen molar-refractivity contribution in [1.82, 2.24) is 9.97 Å². The maximum atomic E-state index is 13.7. The van der Waals surface area contributed by atoms with Crippen LogP contribution in [0.1, 0.15) is 35.6 Å². The minimum atomic E-state index is -0.919. The fourth-order valence-corrected chi connectivity index (χ4v) is 3.01. The van der Waals surface area contributed by atoms with E-state index in [1.807, 2.05) is 6.07 Å². The van der Waals surface area contributed by atoms with Crippen molar-refractivity contribution in [3.05, 3.63) is 46.7 Å². The lowest BCUT2D eigenvalue weighted by atomic mass is 10.2. The molecule has 0 unspecified atom stereocenters. The maximum absolute atomic E-state index is 13.7. The third-order valence-corrected chi connectivity index (χ3v) is 4.40. The summed E-state index contributed by atoms with van der Waals surface area (Å²) in [5, 5.41) is 9.49. The van der Waals surface area contributed by atoms with Crippen LogP contribution < -0.4 is 4.74 Å². The molecule has 1 aromatic heterocycles. The van der Waals surface area contributed by atoms with E-state index in [2.05, 4.69) is 9.97 Å². The van der Waals surface area contributed by atoms with Gasteiger partial charge < -0.3 is 4.74 Å².